The minimum Gasteiger partial charge on any atom is -0.493 e. The van der Waals surface area contributed by atoms with Crippen LogP contribution in [0.4, 0.5) is 11.4 Å². The third-order valence-corrected chi connectivity index (χ3v) is 8.72. The summed E-state index contributed by atoms with van der Waals surface area (Å²) in [5.41, 5.74) is 1.52. The molecule has 0 saturated heterocycles. The normalized spacial score (nSPS) is 22.0. The Morgan fingerprint density at radius 1 is 1.12 bits per heavy atom. The molecule has 2 aromatic carbocycles. The third-order valence-electron chi connectivity index (χ3n) is 6.58. The topological polar surface area (TPSA) is 84.5 Å². The minimum absolute atomic E-state index is 0.0434. The molecule has 2 aliphatic rings. The van der Waals surface area contributed by atoms with Crippen molar-refractivity contribution in [3.8, 4) is 5.75 Å². The number of anilines is 2. The van der Waals surface area contributed by atoms with Gasteiger partial charge in [-0.25, -0.2) is 8.42 Å². The van der Waals surface area contributed by atoms with E-state index in [-0.39, 0.29) is 10.8 Å². The van der Waals surface area contributed by atoms with Gasteiger partial charge in [0.25, 0.3) is 10.0 Å². The van der Waals surface area contributed by atoms with Crippen molar-refractivity contribution in [2.24, 2.45) is 17.8 Å². The number of rotatable bonds is 8. The predicted octanol–water partition coefficient (Wildman–Crippen LogP) is 5.72. The molecule has 2 saturated carbocycles. The van der Waals surface area contributed by atoms with Crippen molar-refractivity contribution in [2.45, 2.75) is 50.8 Å². The van der Waals surface area contributed by atoms with Crippen LogP contribution in [-0.2, 0) is 14.8 Å². The molecule has 1 amide bonds. The third kappa shape index (κ3) is 5.12. The van der Waals surface area contributed by atoms with E-state index in [9.17, 15) is 13.2 Å². The van der Waals surface area contributed by atoms with Crippen LogP contribution in [-0.4, -0.2) is 20.9 Å². The van der Waals surface area contributed by atoms with E-state index in [2.05, 4.69) is 26.0 Å². The molecule has 172 valence electrons. The molecule has 0 radical (unpaired) electrons. The van der Waals surface area contributed by atoms with Gasteiger partial charge in [0.1, 0.15) is 5.75 Å². The molecule has 2 N–H and O–H groups in total. The van der Waals surface area contributed by atoms with Gasteiger partial charge in [0.15, 0.2) is 0 Å². The Balaban J connectivity index is 1.46. The highest BCUT2D eigenvalue weighted by Crippen LogP contribution is 2.49. The lowest BCUT2D eigenvalue weighted by atomic mass is 9.86. The van der Waals surface area contributed by atoms with Crippen molar-refractivity contribution in [3.63, 3.8) is 0 Å². The summed E-state index contributed by atoms with van der Waals surface area (Å²) in [4.78, 5) is 12.8. The van der Waals surface area contributed by atoms with Crippen LogP contribution in [0.25, 0.3) is 0 Å². The van der Waals surface area contributed by atoms with E-state index in [1.807, 2.05) is 6.92 Å². The standard InChI is InChI=1S/C24H29BrN2O4S/c1-3-31-22-9-8-20(13-21(22)25)27-32(29,30)23-14-19(7-4-15(23)2)26-24(28)12-18-11-16-5-6-17(18)10-16/h4,7-9,13-14,16-18,27H,3,5-6,10-12H2,1-2H3,(H,26,28)/t16-,17-,18-/m0/s1. The van der Waals surface area contributed by atoms with Gasteiger partial charge in [0.2, 0.25) is 5.91 Å². The molecule has 4 rings (SSSR count). The fraction of sp³-hybridized carbons (Fsp3) is 0.458. The zero-order valence-corrected chi connectivity index (χ0v) is 20.8. The monoisotopic (exact) mass is 520 g/mol. The number of hydrogen-bond acceptors (Lipinski definition) is 4. The van der Waals surface area contributed by atoms with Gasteiger partial charge in [-0.15, -0.1) is 0 Å². The van der Waals surface area contributed by atoms with E-state index >= 15 is 0 Å². The van der Waals surface area contributed by atoms with Gasteiger partial charge in [-0.1, -0.05) is 12.5 Å². The van der Waals surface area contributed by atoms with Crippen molar-refractivity contribution in [3.05, 3.63) is 46.4 Å². The van der Waals surface area contributed by atoms with E-state index in [1.54, 1.807) is 37.3 Å². The van der Waals surface area contributed by atoms with Gasteiger partial charge in [-0.3, -0.25) is 9.52 Å². The Hall–Kier alpha value is -2.06. The average molecular weight is 521 g/mol. The van der Waals surface area contributed by atoms with Crippen molar-refractivity contribution >= 4 is 43.2 Å². The maximum atomic E-state index is 13.1. The molecule has 0 aliphatic heterocycles. The van der Waals surface area contributed by atoms with Gasteiger partial charge < -0.3 is 10.1 Å². The lowest BCUT2D eigenvalue weighted by Gasteiger charge is -2.21. The average Bonchev–Trinajstić information content (AvgIpc) is 3.34. The molecular formula is C24H29BrN2O4S. The molecule has 2 aliphatic carbocycles. The second kappa shape index (κ2) is 9.43. The molecule has 0 unspecified atom stereocenters. The summed E-state index contributed by atoms with van der Waals surface area (Å²) in [6.45, 7) is 4.14. The molecule has 0 spiro atoms. The van der Waals surface area contributed by atoms with Gasteiger partial charge in [0, 0.05) is 12.1 Å². The van der Waals surface area contributed by atoms with Crippen LogP contribution in [0.2, 0.25) is 0 Å². The smallest absolute Gasteiger partial charge is 0.262 e. The minimum atomic E-state index is -3.84. The van der Waals surface area contributed by atoms with Crippen LogP contribution in [0.15, 0.2) is 45.8 Å². The van der Waals surface area contributed by atoms with Gasteiger partial charge >= 0.3 is 0 Å². The second-order valence-corrected chi connectivity index (χ2v) is 11.4. The van der Waals surface area contributed by atoms with Crippen molar-refractivity contribution < 1.29 is 17.9 Å². The highest BCUT2D eigenvalue weighted by molar-refractivity contribution is 9.10. The molecule has 2 aromatic rings. The molecule has 2 bridgehead atoms. The Bertz CT molecular complexity index is 1120. The summed E-state index contributed by atoms with van der Waals surface area (Å²) in [5, 5.41) is 2.91. The number of halogens is 1. The van der Waals surface area contributed by atoms with Crippen LogP contribution in [0.3, 0.4) is 0 Å². The van der Waals surface area contributed by atoms with Crippen LogP contribution in [0, 0.1) is 24.7 Å². The first-order valence-corrected chi connectivity index (χ1v) is 13.4. The molecule has 8 heteroatoms. The van der Waals surface area contributed by atoms with Crippen LogP contribution < -0.4 is 14.8 Å². The second-order valence-electron chi connectivity index (χ2n) is 8.85. The van der Waals surface area contributed by atoms with Gasteiger partial charge in [-0.2, -0.15) is 0 Å². The van der Waals surface area contributed by atoms with Crippen LogP contribution in [0.1, 0.15) is 44.6 Å². The molecule has 6 nitrogen and oxygen atoms in total. The quantitative estimate of drug-likeness (QED) is 0.465. The zero-order chi connectivity index (χ0) is 22.9. The molecule has 2 fully saturated rings. The fourth-order valence-electron chi connectivity index (χ4n) is 5.09. The number of fused-ring (bicyclic) bond motifs is 2. The summed E-state index contributed by atoms with van der Waals surface area (Å²) in [6, 6.07) is 10.0. The number of hydrogen-bond donors (Lipinski definition) is 2. The number of aryl methyl sites for hydroxylation is 1. The number of carbonyl (C=O) groups is 1. The Morgan fingerprint density at radius 3 is 2.56 bits per heavy atom. The lowest BCUT2D eigenvalue weighted by molar-refractivity contribution is -0.117. The van der Waals surface area contributed by atoms with E-state index in [0.29, 0.717) is 52.0 Å². The first-order valence-electron chi connectivity index (χ1n) is 11.1. The van der Waals surface area contributed by atoms with Crippen molar-refractivity contribution in [1.82, 2.24) is 0 Å². The van der Waals surface area contributed by atoms with E-state index in [0.717, 1.165) is 12.3 Å². The highest BCUT2D eigenvalue weighted by Gasteiger charge is 2.40. The summed E-state index contributed by atoms with van der Waals surface area (Å²) in [5.74, 6) is 2.53. The van der Waals surface area contributed by atoms with Crippen molar-refractivity contribution in [2.75, 3.05) is 16.6 Å². The number of amides is 1. The van der Waals surface area contributed by atoms with Gasteiger partial charge in [-0.05, 0) is 103 Å². The molecule has 32 heavy (non-hydrogen) atoms. The number of carbonyl (C=O) groups excluding carboxylic acids is 1. The zero-order valence-electron chi connectivity index (χ0n) is 18.4. The maximum absolute atomic E-state index is 13.1. The summed E-state index contributed by atoms with van der Waals surface area (Å²) >= 11 is 3.41. The number of ether oxygens (including phenoxy) is 1. The lowest BCUT2D eigenvalue weighted by Crippen LogP contribution is -2.21. The Morgan fingerprint density at radius 2 is 1.91 bits per heavy atom. The summed E-state index contributed by atoms with van der Waals surface area (Å²) in [6.07, 6.45) is 5.46. The SMILES string of the molecule is CCOc1ccc(NS(=O)(=O)c2cc(NC(=O)C[C@@H]3C[C@H]4CC[C@H]3C4)ccc2C)cc1Br. The molecule has 0 heterocycles. The maximum Gasteiger partial charge on any atom is 0.262 e. The van der Waals surface area contributed by atoms with Crippen LogP contribution in [0.5, 0.6) is 5.75 Å². The highest BCUT2D eigenvalue weighted by atomic mass is 79.9. The van der Waals surface area contributed by atoms with Gasteiger partial charge in [0.05, 0.1) is 21.7 Å². The number of benzene rings is 2. The first kappa shape index (κ1) is 23.1. The fourth-order valence-corrected chi connectivity index (χ4v) is 6.91. The predicted molar refractivity (Wildman–Crippen MR) is 129 cm³/mol. The van der Waals surface area contributed by atoms with E-state index in [4.69, 9.17) is 4.74 Å². The first-order chi connectivity index (χ1) is 15.2. The van der Waals surface area contributed by atoms with E-state index < -0.39 is 10.0 Å². The number of sulfonamides is 1. The largest absolute Gasteiger partial charge is 0.493 e. The Labute approximate surface area is 198 Å². The van der Waals surface area contributed by atoms with E-state index in [1.165, 1.54) is 25.3 Å². The summed E-state index contributed by atoms with van der Waals surface area (Å²) in [7, 11) is -3.84. The summed E-state index contributed by atoms with van der Waals surface area (Å²) < 4.78 is 34.9. The Kier molecular flexibility index (Phi) is 6.81. The molecule has 3 atom stereocenters. The van der Waals surface area contributed by atoms with Crippen LogP contribution >= 0.6 is 15.9 Å². The molecular weight excluding hydrogens is 492 g/mol. The number of nitrogens with one attached hydrogen (secondary N) is 2. The molecule has 0 aromatic heterocycles. The van der Waals surface area contributed by atoms with Crippen molar-refractivity contribution in [1.29, 1.82) is 0 Å².